The Morgan fingerprint density at radius 1 is 1.33 bits per heavy atom. The second kappa shape index (κ2) is 5.78. The number of nitrogens with zero attached hydrogens (tertiary/aromatic N) is 3. The summed E-state index contributed by atoms with van der Waals surface area (Å²) in [5.41, 5.74) is 2.30. The van der Waals surface area contributed by atoms with Crippen molar-refractivity contribution in [3.8, 4) is 17.3 Å². The average molecular weight is 238 g/mol. The van der Waals surface area contributed by atoms with Gasteiger partial charge >= 0.3 is 0 Å². The Kier molecular flexibility index (Phi) is 3.87. The lowest BCUT2D eigenvalue weighted by atomic mass is 10.1. The molecule has 0 amide bonds. The molecule has 2 aromatic rings. The lowest BCUT2D eigenvalue weighted by Crippen LogP contribution is -2.02. The SMILES string of the molecule is CCCNc1cncc(-c2cccc(C#N)c2)n1. The van der Waals surface area contributed by atoms with Gasteiger partial charge in [-0.05, 0) is 18.6 Å². The molecule has 18 heavy (non-hydrogen) atoms. The highest BCUT2D eigenvalue weighted by molar-refractivity contribution is 5.61. The van der Waals surface area contributed by atoms with Crippen LogP contribution in [0.2, 0.25) is 0 Å². The van der Waals surface area contributed by atoms with Gasteiger partial charge < -0.3 is 5.32 Å². The molecule has 90 valence electrons. The van der Waals surface area contributed by atoms with Gasteiger partial charge in [-0.1, -0.05) is 19.1 Å². The summed E-state index contributed by atoms with van der Waals surface area (Å²) < 4.78 is 0. The normalized spacial score (nSPS) is 9.78. The molecule has 0 fully saturated rings. The number of hydrogen-bond donors (Lipinski definition) is 1. The third-order valence-electron chi connectivity index (χ3n) is 2.48. The van der Waals surface area contributed by atoms with Crippen molar-refractivity contribution in [2.24, 2.45) is 0 Å². The van der Waals surface area contributed by atoms with Gasteiger partial charge in [-0.15, -0.1) is 0 Å². The summed E-state index contributed by atoms with van der Waals surface area (Å²) in [6.07, 6.45) is 4.44. The maximum Gasteiger partial charge on any atom is 0.145 e. The molecule has 0 aliphatic carbocycles. The van der Waals surface area contributed by atoms with Crippen molar-refractivity contribution < 1.29 is 0 Å². The third kappa shape index (κ3) is 2.83. The van der Waals surface area contributed by atoms with Crippen LogP contribution in [0.4, 0.5) is 5.82 Å². The van der Waals surface area contributed by atoms with E-state index in [1.54, 1.807) is 18.5 Å². The highest BCUT2D eigenvalue weighted by Crippen LogP contribution is 2.18. The fourth-order valence-corrected chi connectivity index (χ4v) is 1.59. The summed E-state index contributed by atoms with van der Waals surface area (Å²) in [7, 11) is 0. The van der Waals surface area contributed by atoms with Crippen molar-refractivity contribution in [3.05, 3.63) is 42.2 Å². The Bertz CT molecular complexity index is 572. The highest BCUT2D eigenvalue weighted by Gasteiger charge is 2.02. The van der Waals surface area contributed by atoms with Crippen molar-refractivity contribution in [1.29, 1.82) is 5.26 Å². The average Bonchev–Trinajstić information content (AvgIpc) is 2.45. The summed E-state index contributed by atoms with van der Waals surface area (Å²) in [4.78, 5) is 8.63. The van der Waals surface area contributed by atoms with E-state index in [2.05, 4.69) is 28.3 Å². The van der Waals surface area contributed by atoms with Gasteiger partial charge in [-0.3, -0.25) is 4.98 Å². The van der Waals surface area contributed by atoms with Crippen molar-refractivity contribution >= 4 is 5.82 Å². The van der Waals surface area contributed by atoms with Crippen LogP contribution in [-0.2, 0) is 0 Å². The number of benzene rings is 1. The van der Waals surface area contributed by atoms with E-state index in [9.17, 15) is 0 Å². The van der Waals surface area contributed by atoms with E-state index < -0.39 is 0 Å². The standard InChI is InChI=1S/C14H14N4/c1-2-6-17-14-10-16-9-13(18-14)12-5-3-4-11(7-12)8-15/h3-5,7,9-10H,2,6H2,1H3,(H,17,18). The monoisotopic (exact) mass is 238 g/mol. The second-order valence-corrected chi connectivity index (χ2v) is 3.91. The minimum absolute atomic E-state index is 0.626. The molecule has 0 saturated carbocycles. The first-order chi connectivity index (χ1) is 8.83. The van der Waals surface area contributed by atoms with Gasteiger partial charge in [-0.2, -0.15) is 5.26 Å². The van der Waals surface area contributed by atoms with Crippen LogP contribution in [0.15, 0.2) is 36.7 Å². The topological polar surface area (TPSA) is 61.6 Å². The lowest BCUT2D eigenvalue weighted by molar-refractivity contribution is 0.965. The number of aromatic nitrogens is 2. The Labute approximate surface area is 106 Å². The van der Waals surface area contributed by atoms with E-state index in [-0.39, 0.29) is 0 Å². The zero-order valence-electron chi connectivity index (χ0n) is 10.2. The first kappa shape index (κ1) is 12.1. The molecule has 0 aliphatic rings. The van der Waals surface area contributed by atoms with Crippen LogP contribution in [0, 0.1) is 11.3 Å². The van der Waals surface area contributed by atoms with E-state index in [1.807, 2.05) is 18.2 Å². The molecule has 0 bridgehead atoms. The fraction of sp³-hybridized carbons (Fsp3) is 0.214. The van der Waals surface area contributed by atoms with Gasteiger partial charge in [0.15, 0.2) is 0 Å². The summed E-state index contributed by atoms with van der Waals surface area (Å²) in [5.74, 6) is 0.761. The summed E-state index contributed by atoms with van der Waals surface area (Å²) >= 11 is 0. The van der Waals surface area contributed by atoms with E-state index >= 15 is 0 Å². The number of rotatable bonds is 4. The molecule has 4 nitrogen and oxygen atoms in total. The molecule has 2 rings (SSSR count). The molecular formula is C14H14N4. The molecule has 1 heterocycles. The molecule has 0 unspecified atom stereocenters. The molecule has 1 aromatic carbocycles. The number of anilines is 1. The zero-order chi connectivity index (χ0) is 12.8. The molecule has 0 spiro atoms. The number of nitriles is 1. The van der Waals surface area contributed by atoms with Gasteiger partial charge in [0.2, 0.25) is 0 Å². The predicted molar refractivity (Wildman–Crippen MR) is 71.0 cm³/mol. The molecule has 0 saturated heterocycles. The van der Waals surface area contributed by atoms with E-state index in [0.717, 1.165) is 30.0 Å². The largest absolute Gasteiger partial charge is 0.369 e. The summed E-state index contributed by atoms with van der Waals surface area (Å²) in [5, 5.41) is 12.1. The molecular weight excluding hydrogens is 224 g/mol. The smallest absolute Gasteiger partial charge is 0.145 e. The first-order valence-electron chi connectivity index (χ1n) is 5.90. The van der Waals surface area contributed by atoms with Crippen LogP contribution in [0.3, 0.4) is 0 Å². The Hall–Kier alpha value is -2.41. The molecule has 1 aromatic heterocycles. The van der Waals surface area contributed by atoms with Crippen LogP contribution in [0.25, 0.3) is 11.3 Å². The minimum atomic E-state index is 0.626. The van der Waals surface area contributed by atoms with E-state index in [1.165, 1.54) is 0 Å². The van der Waals surface area contributed by atoms with Crippen molar-refractivity contribution in [2.45, 2.75) is 13.3 Å². The van der Waals surface area contributed by atoms with Crippen molar-refractivity contribution in [3.63, 3.8) is 0 Å². The van der Waals surface area contributed by atoms with Crippen molar-refractivity contribution in [1.82, 2.24) is 9.97 Å². The third-order valence-corrected chi connectivity index (χ3v) is 2.48. The fourth-order valence-electron chi connectivity index (χ4n) is 1.59. The van der Waals surface area contributed by atoms with Gasteiger partial charge in [0, 0.05) is 12.1 Å². The second-order valence-electron chi connectivity index (χ2n) is 3.91. The maximum absolute atomic E-state index is 8.88. The quantitative estimate of drug-likeness (QED) is 0.889. The van der Waals surface area contributed by atoms with Crippen LogP contribution >= 0.6 is 0 Å². The molecule has 4 heteroatoms. The van der Waals surface area contributed by atoms with Gasteiger partial charge in [0.25, 0.3) is 0 Å². The minimum Gasteiger partial charge on any atom is -0.369 e. The van der Waals surface area contributed by atoms with Gasteiger partial charge in [-0.25, -0.2) is 4.98 Å². The molecule has 0 atom stereocenters. The Balaban J connectivity index is 2.29. The van der Waals surface area contributed by atoms with Crippen molar-refractivity contribution in [2.75, 3.05) is 11.9 Å². The first-order valence-corrected chi connectivity index (χ1v) is 5.90. The van der Waals surface area contributed by atoms with E-state index in [0.29, 0.717) is 5.56 Å². The lowest BCUT2D eigenvalue weighted by Gasteiger charge is -2.05. The molecule has 0 radical (unpaired) electrons. The maximum atomic E-state index is 8.88. The van der Waals surface area contributed by atoms with Crippen LogP contribution in [0.5, 0.6) is 0 Å². The Morgan fingerprint density at radius 2 is 2.22 bits per heavy atom. The zero-order valence-corrected chi connectivity index (χ0v) is 10.2. The Morgan fingerprint density at radius 3 is 3.00 bits per heavy atom. The van der Waals surface area contributed by atoms with Gasteiger partial charge in [0.05, 0.1) is 29.7 Å². The highest BCUT2D eigenvalue weighted by atomic mass is 15.0. The van der Waals surface area contributed by atoms with Crippen LogP contribution in [-0.4, -0.2) is 16.5 Å². The van der Waals surface area contributed by atoms with E-state index in [4.69, 9.17) is 5.26 Å². The number of hydrogen-bond acceptors (Lipinski definition) is 4. The molecule has 0 aliphatic heterocycles. The van der Waals surface area contributed by atoms with Gasteiger partial charge in [0.1, 0.15) is 5.82 Å². The summed E-state index contributed by atoms with van der Waals surface area (Å²) in [6, 6.07) is 9.48. The predicted octanol–water partition coefficient (Wildman–Crippen LogP) is 2.84. The number of nitrogens with one attached hydrogen (secondary N) is 1. The molecule has 1 N–H and O–H groups in total. The van der Waals surface area contributed by atoms with Crippen LogP contribution < -0.4 is 5.32 Å². The van der Waals surface area contributed by atoms with Crippen LogP contribution in [0.1, 0.15) is 18.9 Å². The summed E-state index contributed by atoms with van der Waals surface area (Å²) in [6.45, 7) is 2.97.